The van der Waals surface area contributed by atoms with Crippen LogP contribution in [0.2, 0.25) is 0 Å². The molecule has 0 bridgehead atoms. The number of aromatic nitrogens is 2. The number of amides is 6. The predicted octanol–water partition coefficient (Wildman–Crippen LogP) is 4.38. The van der Waals surface area contributed by atoms with Crippen molar-refractivity contribution in [3.63, 3.8) is 0 Å². The summed E-state index contributed by atoms with van der Waals surface area (Å²) in [7, 11) is 1.34. The molecule has 22 heteroatoms. The van der Waals surface area contributed by atoms with Gasteiger partial charge in [0.2, 0.25) is 29.5 Å². The van der Waals surface area contributed by atoms with Gasteiger partial charge in [0.15, 0.2) is 5.78 Å². The fourth-order valence-corrected chi connectivity index (χ4v) is 7.30. The molecule has 3 aromatic carbocycles. The Kier molecular flexibility index (Phi) is 14.6. The van der Waals surface area contributed by atoms with Crippen LogP contribution >= 0.6 is 0 Å². The lowest BCUT2D eigenvalue weighted by Gasteiger charge is -2.27. The highest BCUT2D eigenvalue weighted by Crippen LogP contribution is 2.40. The lowest BCUT2D eigenvalue weighted by Crippen LogP contribution is -2.54. The molecule has 346 valence electrons. The molecule has 3 heterocycles. The Bertz CT molecular complexity index is 2570. The maximum atomic E-state index is 13.9. The molecule has 0 spiro atoms. The summed E-state index contributed by atoms with van der Waals surface area (Å²) < 4.78 is 69.2. The first-order chi connectivity index (χ1) is 31.7. The van der Waals surface area contributed by atoms with Gasteiger partial charge >= 0.3 is 6.18 Å². The molecule has 1 aromatic heterocycles. The van der Waals surface area contributed by atoms with Crippen LogP contribution in [0.5, 0.6) is 17.4 Å². The summed E-state index contributed by atoms with van der Waals surface area (Å²) in [5.74, 6) is -4.77. The monoisotopic (exact) mass is 917 g/mol. The van der Waals surface area contributed by atoms with E-state index in [4.69, 9.17) is 23.7 Å². The van der Waals surface area contributed by atoms with E-state index in [-0.39, 0.29) is 129 Å². The number of aryl methyl sites for hydroxylation is 1. The van der Waals surface area contributed by atoms with Gasteiger partial charge in [-0.2, -0.15) is 18.2 Å². The summed E-state index contributed by atoms with van der Waals surface area (Å²) >= 11 is 0. The van der Waals surface area contributed by atoms with Crippen molar-refractivity contribution >= 4 is 58.5 Å². The average molecular weight is 918 g/mol. The number of imide groups is 2. The highest BCUT2D eigenvalue weighted by Gasteiger charge is 2.46. The summed E-state index contributed by atoms with van der Waals surface area (Å²) in [5.41, 5.74) is 0.224. The smallest absolute Gasteiger partial charge is 0.423 e. The highest BCUT2D eigenvalue weighted by atomic mass is 19.4. The summed E-state index contributed by atoms with van der Waals surface area (Å²) in [6, 6.07) is 12.3. The van der Waals surface area contributed by atoms with Crippen LogP contribution in [0.3, 0.4) is 0 Å². The average Bonchev–Trinajstić information content (AvgIpc) is 3.79. The van der Waals surface area contributed by atoms with Crippen LogP contribution in [0.1, 0.15) is 78.2 Å². The number of rotatable bonds is 20. The molecule has 66 heavy (non-hydrogen) atoms. The Morgan fingerprint density at radius 1 is 0.833 bits per heavy atom. The van der Waals surface area contributed by atoms with Gasteiger partial charge < -0.3 is 39.6 Å². The Morgan fingerprint density at radius 2 is 1.58 bits per heavy atom. The van der Waals surface area contributed by atoms with E-state index < -0.39 is 59.1 Å². The maximum absolute atomic E-state index is 13.9. The topological polar surface area (TPSA) is 243 Å². The van der Waals surface area contributed by atoms with Crippen molar-refractivity contribution in [1.82, 2.24) is 25.5 Å². The predicted molar refractivity (Wildman–Crippen MR) is 224 cm³/mol. The second-order valence-electron chi connectivity index (χ2n) is 14.8. The van der Waals surface area contributed by atoms with Crippen molar-refractivity contribution in [1.29, 1.82) is 0 Å². The van der Waals surface area contributed by atoms with Crippen LogP contribution in [-0.4, -0.2) is 115 Å². The van der Waals surface area contributed by atoms with Gasteiger partial charge in [-0.05, 0) is 54.8 Å². The van der Waals surface area contributed by atoms with Gasteiger partial charge in [0.25, 0.3) is 17.7 Å². The number of hydrogen-bond acceptors (Lipinski definition) is 15. The molecule has 1 fully saturated rings. The third-order valence-electron chi connectivity index (χ3n) is 10.5. The first kappa shape index (κ1) is 46.7. The lowest BCUT2D eigenvalue weighted by molar-refractivity contribution is -0.139. The second kappa shape index (κ2) is 20.7. The van der Waals surface area contributed by atoms with Crippen LogP contribution in [0.4, 0.5) is 30.5 Å². The molecule has 2 aliphatic heterocycles. The van der Waals surface area contributed by atoms with Crippen LogP contribution in [0.15, 0.2) is 60.8 Å². The molecule has 4 aromatic rings. The van der Waals surface area contributed by atoms with E-state index in [0.29, 0.717) is 18.2 Å². The number of halogens is 3. The van der Waals surface area contributed by atoms with Gasteiger partial charge in [-0.25, -0.2) is 4.98 Å². The van der Waals surface area contributed by atoms with E-state index in [9.17, 15) is 46.7 Å². The number of ether oxygens (including phenoxy) is 5. The Balaban J connectivity index is 0.783. The fourth-order valence-electron chi connectivity index (χ4n) is 7.30. The number of fused-ring (bicyclic) bond motifs is 2. The molecule has 1 unspecified atom stereocenters. The largest absolute Gasteiger partial charge is 0.495 e. The Hall–Kier alpha value is -7.30. The van der Waals surface area contributed by atoms with Gasteiger partial charge in [-0.1, -0.05) is 18.2 Å². The van der Waals surface area contributed by atoms with Gasteiger partial charge in [-0.3, -0.25) is 43.8 Å². The number of anilines is 3. The van der Waals surface area contributed by atoms with E-state index in [1.807, 2.05) is 0 Å². The van der Waals surface area contributed by atoms with Crippen molar-refractivity contribution in [3.05, 3.63) is 94.2 Å². The molecule has 0 saturated carbocycles. The molecule has 6 amide bonds. The molecular formula is C44H42F3N7O12. The molecule has 19 nitrogen and oxygen atoms in total. The number of nitrogens with zero attached hydrogens (tertiary/aromatic N) is 3. The summed E-state index contributed by atoms with van der Waals surface area (Å²) in [6.07, 6.45) is -3.69. The standard InChI is InChI=1S/C44H42F3N7O12/c1-62-33-22-25(8-10-28(33)51-43-49-23-27(44(45,46)47)40(53-43)66-32-7-2-4-24-9-12-31(55)36(24)32)38(58)48-15-17-64-19-21-65-20-18-63-16-14-35(57)50-29-6-3-5-26-37(29)42(61)54(41(26)60)30-11-13-34(56)52-39(30)59/h2-8,10,22-23,30H,9,11-21H2,1H3,(H,48,58)(H,50,57)(H,49,51,53)(H,52,56,59). The lowest BCUT2D eigenvalue weighted by atomic mass is 10.0. The summed E-state index contributed by atoms with van der Waals surface area (Å²) in [4.78, 5) is 96.7. The quantitative estimate of drug-likeness (QED) is 0.0711. The van der Waals surface area contributed by atoms with E-state index in [1.165, 1.54) is 49.6 Å². The van der Waals surface area contributed by atoms with Crippen molar-refractivity contribution < 1.29 is 70.4 Å². The second-order valence-corrected chi connectivity index (χ2v) is 14.8. The minimum atomic E-state index is -4.86. The Morgan fingerprint density at radius 3 is 2.32 bits per heavy atom. The third kappa shape index (κ3) is 10.8. The van der Waals surface area contributed by atoms with E-state index in [1.54, 1.807) is 12.1 Å². The summed E-state index contributed by atoms with van der Waals surface area (Å²) in [5, 5.41) is 10.3. The zero-order chi connectivity index (χ0) is 47.0. The van der Waals surface area contributed by atoms with Crippen molar-refractivity contribution in [3.8, 4) is 17.4 Å². The van der Waals surface area contributed by atoms with Gasteiger partial charge in [-0.15, -0.1) is 0 Å². The van der Waals surface area contributed by atoms with Gasteiger partial charge in [0.05, 0.1) is 81.2 Å². The van der Waals surface area contributed by atoms with E-state index >= 15 is 0 Å². The van der Waals surface area contributed by atoms with Crippen LogP contribution in [0, 0.1) is 0 Å². The minimum absolute atomic E-state index is 0.00528. The zero-order valence-corrected chi connectivity index (χ0v) is 35.2. The number of ketones is 1. The first-order valence-electron chi connectivity index (χ1n) is 20.6. The molecule has 1 saturated heterocycles. The molecule has 4 N–H and O–H groups in total. The number of nitrogens with one attached hydrogen (secondary N) is 4. The van der Waals surface area contributed by atoms with Crippen LogP contribution in [-0.2, 0) is 41.2 Å². The number of methoxy groups -OCH3 is 1. The van der Waals surface area contributed by atoms with Gasteiger partial charge in [0, 0.05) is 31.1 Å². The van der Waals surface area contributed by atoms with Gasteiger partial charge in [0.1, 0.15) is 23.1 Å². The number of piperidine rings is 1. The number of Topliss-reactive ketones (excluding diaryl/α,β-unsaturated/α-hetero) is 1. The molecule has 1 atom stereocenters. The van der Waals surface area contributed by atoms with Crippen molar-refractivity contribution in [2.24, 2.45) is 0 Å². The van der Waals surface area contributed by atoms with E-state index in [2.05, 4.69) is 31.2 Å². The first-order valence-corrected chi connectivity index (χ1v) is 20.6. The molecule has 7 rings (SSSR count). The number of benzene rings is 3. The molecule has 1 aliphatic carbocycles. The zero-order valence-electron chi connectivity index (χ0n) is 35.2. The normalized spacial score (nSPS) is 15.6. The third-order valence-corrected chi connectivity index (χ3v) is 10.5. The molecule has 0 radical (unpaired) electrons. The highest BCUT2D eigenvalue weighted by molar-refractivity contribution is 6.26. The maximum Gasteiger partial charge on any atom is 0.423 e. The van der Waals surface area contributed by atoms with Crippen LogP contribution < -0.4 is 30.7 Å². The van der Waals surface area contributed by atoms with E-state index in [0.717, 1.165) is 4.90 Å². The molecular weight excluding hydrogens is 876 g/mol. The van der Waals surface area contributed by atoms with Crippen LogP contribution in [0.25, 0.3) is 0 Å². The molecule has 3 aliphatic rings. The Labute approximate surface area is 373 Å². The number of hydrogen-bond donors (Lipinski definition) is 4. The summed E-state index contributed by atoms with van der Waals surface area (Å²) in [6.45, 7) is 1.14. The number of alkyl halides is 3. The minimum Gasteiger partial charge on any atom is -0.495 e. The SMILES string of the molecule is COc1cc(C(=O)NCCOCCOCCOCCC(=O)Nc2cccc3c2C(=O)N(C2CCC(=O)NC2=O)C3=O)ccc1Nc1ncc(C(F)(F)F)c(Oc2cccc3c2C(=O)CC3)n1. The number of carbonyl (C=O) groups excluding carboxylic acids is 7. The fraction of sp³-hybridized carbons (Fsp3) is 0.341. The van der Waals surface area contributed by atoms with Crippen molar-refractivity contribution in [2.75, 3.05) is 63.9 Å². The number of carbonyl (C=O) groups is 7. The van der Waals surface area contributed by atoms with Crippen molar-refractivity contribution in [2.45, 2.75) is 44.3 Å².